The molecule has 1 aromatic carbocycles. The van der Waals surface area contributed by atoms with E-state index in [-0.39, 0.29) is 18.2 Å². The molecule has 1 aromatic heterocycles. The zero-order valence-corrected chi connectivity index (χ0v) is 13.4. The minimum absolute atomic E-state index is 0. The molecular formula is C15H16ClF2N3O3. The second kappa shape index (κ2) is 7.67. The second-order valence-electron chi connectivity index (χ2n) is 5.55. The molecule has 0 amide bonds. The van der Waals surface area contributed by atoms with Crippen LogP contribution in [-0.4, -0.2) is 39.2 Å². The molecule has 9 heteroatoms. The van der Waals surface area contributed by atoms with Crippen LogP contribution in [0.4, 0.5) is 8.78 Å². The molecule has 24 heavy (non-hydrogen) atoms. The van der Waals surface area contributed by atoms with Gasteiger partial charge in [-0.3, -0.25) is 9.69 Å². The number of hydrogen-bond acceptors (Lipinski definition) is 5. The first kappa shape index (κ1) is 18.3. The molecule has 6 nitrogen and oxygen atoms in total. The van der Waals surface area contributed by atoms with Crippen molar-refractivity contribution in [3.8, 4) is 11.4 Å². The van der Waals surface area contributed by atoms with Crippen molar-refractivity contribution in [2.75, 3.05) is 13.1 Å². The van der Waals surface area contributed by atoms with Gasteiger partial charge in [0.25, 0.3) is 0 Å². The molecule has 0 spiro atoms. The first-order valence-electron chi connectivity index (χ1n) is 7.26. The highest BCUT2D eigenvalue weighted by molar-refractivity contribution is 5.85. The Hall–Kier alpha value is -2.06. The Morgan fingerprint density at radius 3 is 2.88 bits per heavy atom. The summed E-state index contributed by atoms with van der Waals surface area (Å²) in [5.74, 6) is -2.62. The van der Waals surface area contributed by atoms with E-state index in [1.807, 2.05) is 4.90 Å². The van der Waals surface area contributed by atoms with E-state index < -0.39 is 23.5 Å². The van der Waals surface area contributed by atoms with Gasteiger partial charge in [-0.05, 0) is 37.6 Å². The molecule has 2 heterocycles. The Morgan fingerprint density at radius 1 is 1.38 bits per heavy atom. The third-order valence-corrected chi connectivity index (χ3v) is 3.86. The van der Waals surface area contributed by atoms with Crippen molar-refractivity contribution in [3.05, 3.63) is 35.7 Å². The van der Waals surface area contributed by atoms with Gasteiger partial charge in [-0.25, -0.2) is 8.78 Å². The Bertz CT molecular complexity index is 726. The molecular weight excluding hydrogens is 344 g/mol. The average molecular weight is 360 g/mol. The summed E-state index contributed by atoms with van der Waals surface area (Å²) in [4.78, 5) is 17.2. The predicted molar refractivity (Wildman–Crippen MR) is 82.5 cm³/mol. The highest BCUT2D eigenvalue weighted by Crippen LogP contribution is 2.21. The topological polar surface area (TPSA) is 79.5 Å². The lowest BCUT2D eigenvalue weighted by Crippen LogP contribution is -2.38. The lowest BCUT2D eigenvalue weighted by atomic mass is 9.98. The van der Waals surface area contributed by atoms with Crippen LogP contribution in [0.2, 0.25) is 0 Å². The fraction of sp³-hybridized carbons (Fsp3) is 0.400. The first-order chi connectivity index (χ1) is 11.0. The Kier molecular flexibility index (Phi) is 5.84. The third kappa shape index (κ3) is 4.07. The van der Waals surface area contributed by atoms with Gasteiger partial charge in [-0.1, -0.05) is 5.16 Å². The van der Waals surface area contributed by atoms with Crippen molar-refractivity contribution in [2.24, 2.45) is 5.92 Å². The van der Waals surface area contributed by atoms with E-state index in [2.05, 4.69) is 10.1 Å². The van der Waals surface area contributed by atoms with Gasteiger partial charge in [-0.2, -0.15) is 4.98 Å². The molecule has 1 unspecified atom stereocenters. The standard InChI is InChI=1S/C15H15F2N3O3.ClH/c16-11-4-3-9(6-12(11)17)14-18-13(23-19-14)8-20-5-1-2-10(7-20)15(21)22;/h3-4,6,10H,1-2,5,7-8H2,(H,21,22);1H. The monoisotopic (exact) mass is 359 g/mol. The normalized spacial score (nSPS) is 18.2. The Balaban J connectivity index is 0.00000208. The summed E-state index contributed by atoms with van der Waals surface area (Å²) in [6.45, 7) is 1.52. The smallest absolute Gasteiger partial charge is 0.307 e. The van der Waals surface area contributed by atoms with Crippen LogP contribution in [0.15, 0.2) is 22.7 Å². The number of halogens is 3. The van der Waals surface area contributed by atoms with Crippen LogP contribution in [-0.2, 0) is 11.3 Å². The number of nitrogens with zero attached hydrogens (tertiary/aromatic N) is 3. The summed E-state index contributed by atoms with van der Waals surface area (Å²) in [5.41, 5.74) is 0.320. The maximum Gasteiger partial charge on any atom is 0.307 e. The van der Waals surface area contributed by atoms with Crippen LogP contribution >= 0.6 is 12.4 Å². The van der Waals surface area contributed by atoms with Gasteiger partial charge >= 0.3 is 5.97 Å². The molecule has 3 rings (SSSR count). The van der Waals surface area contributed by atoms with Crippen molar-refractivity contribution in [1.29, 1.82) is 0 Å². The molecule has 130 valence electrons. The zero-order valence-electron chi connectivity index (χ0n) is 12.6. The zero-order chi connectivity index (χ0) is 16.4. The van der Waals surface area contributed by atoms with E-state index in [4.69, 9.17) is 9.63 Å². The predicted octanol–water partition coefficient (Wildman–Crippen LogP) is 2.73. The number of carbonyl (C=O) groups is 1. The lowest BCUT2D eigenvalue weighted by Gasteiger charge is -2.29. The fourth-order valence-electron chi connectivity index (χ4n) is 2.66. The summed E-state index contributed by atoms with van der Waals surface area (Å²) in [6.07, 6.45) is 1.46. The first-order valence-corrected chi connectivity index (χ1v) is 7.26. The molecule has 0 radical (unpaired) electrons. The summed E-state index contributed by atoms with van der Waals surface area (Å²) < 4.78 is 31.3. The van der Waals surface area contributed by atoms with Crippen molar-refractivity contribution in [2.45, 2.75) is 19.4 Å². The van der Waals surface area contributed by atoms with Crippen molar-refractivity contribution >= 4 is 18.4 Å². The van der Waals surface area contributed by atoms with Gasteiger partial charge in [0.1, 0.15) is 0 Å². The third-order valence-electron chi connectivity index (χ3n) is 3.86. The molecule has 1 fully saturated rings. The minimum Gasteiger partial charge on any atom is -0.481 e. The van der Waals surface area contributed by atoms with Crippen LogP contribution in [0.3, 0.4) is 0 Å². The quantitative estimate of drug-likeness (QED) is 0.904. The maximum absolute atomic E-state index is 13.2. The maximum atomic E-state index is 13.2. The number of rotatable bonds is 4. The number of likely N-dealkylation sites (tertiary alicyclic amines) is 1. The van der Waals surface area contributed by atoms with E-state index in [1.165, 1.54) is 6.07 Å². The number of carboxylic acids is 1. The van der Waals surface area contributed by atoms with Crippen molar-refractivity contribution in [3.63, 3.8) is 0 Å². The molecule has 1 aliphatic heterocycles. The lowest BCUT2D eigenvalue weighted by molar-refractivity contribution is -0.143. The van der Waals surface area contributed by atoms with Gasteiger partial charge < -0.3 is 9.63 Å². The Morgan fingerprint density at radius 2 is 2.17 bits per heavy atom. The SMILES string of the molecule is Cl.O=C(O)C1CCCN(Cc2nc(-c3ccc(F)c(F)c3)no2)C1. The van der Waals surface area contributed by atoms with E-state index in [1.54, 1.807) is 0 Å². The number of hydrogen-bond donors (Lipinski definition) is 1. The average Bonchev–Trinajstić information content (AvgIpc) is 2.99. The van der Waals surface area contributed by atoms with Crippen LogP contribution in [0.5, 0.6) is 0 Å². The molecule has 0 saturated carbocycles. The van der Waals surface area contributed by atoms with Gasteiger partial charge in [0.05, 0.1) is 12.5 Å². The van der Waals surface area contributed by atoms with Crippen LogP contribution < -0.4 is 0 Å². The van der Waals surface area contributed by atoms with Crippen LogP contribution in [0.1, 0.15) is 18.7 Å². The van der Waals surface area contributed by atoms with E-state index in [9.17, 15) is 13.6 Å². The van der Waals surface area contributed by atoms with Crippen LogP contribution in [0.25, 0.3) is 11.4 Å². The van der Waals surface area contributed by atoms with Crippen LogP contribution in [0, 0.1) is 17.6 Å². The Labute approximate surface area is 142 Å². The number of aliphatic carboxylic acids is 1. The summed E-state index contributed by atoms with van der Waals surface area (Å²) in [6, 6.07) is 3.38. The molecule has 0 bridgehead atoms. The highest BCUT2D eigenvalue weighted by atomic mass is 35.5. The molecule has 0 aliphatic carbocycles. The van der Waals surface area contributed by atoms with E-state index in [0.717, 1.165) is 25.1 Å². The molecule has 1 saturated heterocycles. The van der Waals surface area contributed by atoms with Crippen molar-refractivity contribution < 1.29 is 23.2 Å². The summed E-state index contributed by atoms with van der Waals surface area (Å²) in [7, 11) is 0. The van der Waals surface area contributed by atoms with Crippen molar-refractivity contribution in [1.82, 2.24) is 15.0 Å². The fourth-order valence-corrected chi connectivity index (χ4v) is 2.66. The highest BCUT2D eigenvalue weighted by Gasteiger charge is 2.26. The van der Waals surface area contributed by atoms with Gasteiger partial charge in [-0.15, -0.1) is 12.4 Å². The summed E-state index contributed by atoms with van der Waals surface area (Å²) >= 11 is 0. The molecule has 1 N–H and O–H groups in total. The van der Waals surface area contributed by atoms with Gasteiger partial charge in [0.15, 0.2) is 11.6 Å². The number of carboxylic acid groups (broad SMARTS) is 1. The molecule has 2 aromatic rings. The van der Waals surface area contributed by atoms with E-state index in [0.29, 0.717) is 31.0 Å². The number of benzene rings is 1. The largest absolute Gasteiger partial charge is 0.481 e. The molecule has 1 aliphatic rings. The van der Waals surface area contributed by atoms with E-state index >= 15 is 0 Å². The minimum atomic E-state index is -0.978. The van der Waals surface area contributed by atoms with Gasteiger partial charge in [0, 0.05) is 12.1 Å². The second-order valence-corrected chi connectivity index (χ2v) is 5.55. The van der Waals surface area contributed by atoms with Gasteiger partial charge in [0.2, 0.25) is 11.7 Å². The molecule has 1 atom stereocenters. The summed E-state index contributed by atoms with van der Waals surface area (Å²) in [5, 5.41) is 12.8. The number of piperidine rings is 1. The number of aromatic nitrogens is 2.